The second kappa shape index (κ2) is 3.88. The third-order valence-electron chi connectivity index (χ3n) is 2.42. The van der Waals surface area contributed by atoms with E-state index in [0.29, 0.717) is 0 Å². The molecule has 1 aromatic heterocycles. The molecule has 0 spiro atoms. The van der Waals surface area contributed by atoms with Crippen molar-refractivity contribution in [1.29, 1.82) is 0 Å². The predicted octanol–water partition coefficient (Wildman–Crippen LogP) is 1.18. The van der Waals surface area contributed by atoms with Crippen molar-refractivity contribution in [3.63, 3.8) is 0 Å². The van der Waals surface area contributed by atoms with Crippen LogP contribution in [0.5, 0.6) is 0 Å². The molecule has 0 amide bonds. The van der Waals surface area contributed by atoms with Gasteiger partial charge in [0.2, 0.25) is 0 Å². The topological polar surface area (TPSA) is 31.2 Å². The minimum absolute atomic E-state index is 0.256. The summed E-state index contributed by atoms with van der Waals surface area (Å²) >= 11 is 1.81. The molecule has 2 heterocycles. The van der Waals surface area contributed by atoms with Gasteiger partial charge in [-0.15, -0.1) is 11.8 Å². The van der Waals surface area contributed by atoms with Crippen molar-refractivity contribution in [2.24, 2.45) is 0 Å². The molecular weight excluding hydrogens is 221 g/mol. The number of carbonyl (C=O) groups excluding carboxylic acids is 1. The maximum absolute atomic E-state index is 12.0. The van der Waals surface area contributed by atoms with Crippen molar-refractivity contribution in [1.82, 2.24) is 4.57 Å². The molecule has 0 fully saturated rings. The number of thioether (sulfide) groups is 1. The largest absolute Gasteiger partial charge is 0.443 e. The molecule has 0 unspecified atom stereocenters. The molecule has 2 rings (SSSR count). The first kappa shape index (κ1) is 11.6. The number of nitrogens with zero attached hydrogens (tertiary/aromatic N) is 1. The molecule has 86 valence electrons. The summed E-state index contributed by atoms with van der Waals surface area (Å²) in [6.45, 7) is 5.66. The average molecular weight is 237 g/mol. The predicted molar refractivity (Wildman–Crippen MR) is 68.7 cm³/mol. The van der Waals surface area contributed by atoms with Gasteiger partial charge < -0.3 is 4.74 Å². The second-order valence-electron chi connectivity index (χ2n) is 5.01. The summed E-state index contributed by atoms with van der Waals surface area (Å²) in [5, 5.41) is 0. The van der Waals surface area contributed by atoms with Crippen LogP contribution in [0.2, 0.25) is 0 Å². The van der Waals surface area contributed by atoms with Gasteiger partial charge in [0, 0.05) is 16.3 Å². The van der Waals surface area contributed by atoms with Crippen LogP contribution in [0.4, 0.5) is 4.79 Å². The molecule has 3 nitrogen and oxygen atoms in total. The number of ether oxygens (including phenoxy) is 1. The number of fused-ring (bicyclic) bond motifs is 1. The first-order valence-corrected chi connectivity index (χ1v) is 6.44. The van der Waals surface area contributed by atoms with E-state index in [-0.39, 0.29) is 6.09 Å². The third-order valence-corrected chi connectivity index (χ3v) is 3.49. The van der Waals surface area contributed by atoms with E-state index in [4.69, 9.17) is 4.74 Å². The van der Waals surface area contributed by atoms with Crippen molar-refractivity contribution >= 4 is 31.3 Å². The Hall–Kier alpha value is -0.835. The van der Waals surface area contributed by atoms with Gasteiger partial charge in [0.15, 0.2) is 7.85 Å². The molecule has 0 atom stereocenters. The van der Waals surface area contributed by atoms with Crippen molar-refractivity contribution in [3.05, 3.63) is 11.8 Å². The SMILES string of the molecule is Bc1cc2c(n1C(=O)OC(C)(C)C)CCS2. The molecular formula is C11H16BNO2S. The molecule has 0 saturated carbocycles. The summed E-state index contributed by atoms with van der Waals surface area (Å²) in [7, 11) is 1.95. The lowest BCUT2D eigenvalue weighted by Gasteiger charge is -2.21. The zero-order valence-electron chi connectivity index (χ0n) is 10.2. The Morgan fingerprint density at radius 2 is 2.25 bits per heavy atom. The lowest BCUT2D eigenvalue weighted by Crippen LogP contribution is -2.33. The highest BCUT2D eigenvalue weighted by Gasteiger charge is 2.25. The van der Waals surface area contributed by atoms with Crippen LogP contribution >= 0.6 is 11.8 Å². The normalized spacial score (nSPS) is 14.9. The molecule has 0 saturated heterocycles. The smallest absolute Gasteiger partial charge is 0.418 e. The van der Waals surface area contributed by atoms with Gasteiger partial charge in [0.1, 0.15) is 5.60 Å². The summed E-state index contributed by atoms with van der Waals surface area (Å²) < 4.78 is 7.11. The number of hydrogen-bond acceptors (Lipinski definition) is 3. The molecule has 1 aliphatic rings. The lowest BCUT2D eigenvalue weighted by molar-refractivity contribution is 0.0538. The quantitative estimate of drug-likeness (QED) is 0.635. The summed E-state index contributed by atoms with van der Waals surface area (Å²) in [4.78, 5) is 13.3. The van der Waals surface area contributed by atoms with Crippen LogP contribution in [0, 0.1) is 0 Å². The van der Waals surface area contributed by atoms with Gasteiger partial charge in [-0.1, -0.05) is 0 Å². The minimum atomic E-state index is -0.438. The molecule has 0 aromatic carbocycles. The van der Waals surface area contributed by atoms with Crippen molar-refractivity contribution in [2.75, 3.05) is 5.75 Å². The van der Waals surface area contributed by atoms with E-state index in [2.05, 4.69) is 6.07 Å². The van der Waals surface area contributed by atoms with Crippen LogP contribution < -0.4 is 5.59 Å². The van der Waals surface area contributed by atoms with Crippen LogP contribution in [-0.2, 0) is 11.2 Å². The highest BCUT2D eigenvalue weighted by molar-refractivity contribution is 7.99. The minimum Gasteiger partial charge on any atom is -0.443 e. The molecule has 0 radical (unpaired) electrons. The molecule has 0 N–H and O–H groups in total. The fourth-order valence-electron chi connectivity index (χ4n) is 1.84. The number of aromatic nitrogens is 1. The molecule has 0 bridgehead atoms. The van der Waals surface area contributed by atoms with Crippen molar-refractivity contribution < 1.29 is 9.53 Å². The summed E-state index contributed by atoms with van der Waals surface area (Å²) in [5.41, 5.74) is 1.63. The summed E-state index contributed by atoms with van der Waals surface area (Å²) in [5.74, 6) is 1.06. The van der Waals surface area contributed by atoms with E-state index < -0.39 is 5.60 Å². The van der Waals surface area contributed by atoms with Crippen LogP contribution in [0.3, 0.4) is 0 Å². The molecule has 16 heavy (non-hydrogen) atoms. The summed E-state index contributed by atoms with van der Waals surface area (Å²) in [6.07, 6.45) is 0.696. The Kier molecular flexibility index (Phi) is 2.82. The Morgan fingerprint density at radius 1 is 1.56 bits per heavy atom. The lowest BCUT2D eigenvalue weighted by atomic mass is 10.1. The molecule has 1 aliphatic heterocycles. The van der Waals surface area contributed by atoms with E-state index >= 15 is 0 Å². The first-order chi connectivity index (χ1) is 7.38. The second-order valence-corrected chi connectivity index (χ2v) is 6.15. The molecule has 5 heteroatoms. The average Bonchev–Trinajstić information content (AvgIpc) is 2.58. The zero-order valence-corrected chi connectivity index (χ0v) is 11.0. The maximum atomic E-state index is 12.0. The Morgan fingerprint density at radius 3 is 2.88 bits per heavy atom. The van der Waals surface area contributed by atoms with E-state index in [9.17, 15) is 4.79 Å². The van der Waals surface area contributed by atoms with Crippen LogP contribution in [-0.4, -0.2) is 29.9 Å². The van der Waals surface area contributed by atoms with Crippen LogP contribution in [0.15, 0.2) is 11.0 Å². The van der Waals surface area contributed by atoms with Gasteiger partial charge in [0.25, 0.3) is 0 Å². The number of hydrogen-bond donors (Lipinski definition) is 0. The molecule has 1 aromatic rings. The molecule has 0 aliphatic carbocycles. The van der Waals surface area contributed by atoms with E-state index in [1.54, 1.807) is 4.57 Å². The maximum Gasteiger partial charge on any atom is 0.418 e. The monoisotopic (exact) mass is 237 g/mol. The van der Waals surface area contributed by atoms with E-state index in [1.165, 1.54) is 4.90 Å². The zero-order chi connectivity index (χ0) is 11.9. The van der Waals surface area contributed by atoms with Crippen molar-refractivity contribution in [2.45, 2.75) is 37.7 Å². The Balaban J connectivity index is 2.30. The fraction of sp³-hybridized carbons (Fsp3) is 0.545. The van der Waals surface area contributed by atoms with Gasteiger partial charge in [0.05, 0.1) is 0 Å². The highest BCUT2D eigenvalue weighted by atomic mass is 32.2. The number of carbonyl (C=O) groups is 1. The van der Waals surface area contributed by atoms with E-state index in [1.807, 2.05) is 40.4 Å². The van der Waals surface area contributed by atoms with Crippen LogP contribution in [0.1, 0.15) is 26.5 Å². The third kappa shape index (κ3) is 2.14. The Labute approximate surface area is 101 Å². The van der Waals surface area contributed by atoms with Crippen LogP contribution in [0.25, 0.3) is 0 Å². The Bertz CT molecular complexity index is 434. The fourth-order valence-corrected chi connectivity index (χ4v) is 2.97. The highest BCUT2D eigenvalue weighted by Crippen LogP contribution is 2.31. The first-order valence-electron chi connectivity index (χ1n) is 5.46. The van der Waals surface area contributed by atoms with Gasteiger partial charge >= 0.3 is 6.09 Å². The van der Waals surface area contributed by atoms with Gasteiger partial charge in [-0.05, 0) is 38.9 Å². The standard InChI is InChI=1S/C11H16BNO2S/c1-11(2,3)15-10(14)13-7-4-5-16-8(7)6-9(13)12/h6H,4-5,12H2,1-3H3. The van der Waals surface area contributed by atoms with E-state index in [0.717, 1.165) is 23.5 Å². The van der Waals surface area contributed by atoms with Crippen molar-refractivity contribution in [3.8, 4) is 0 Å². The summed E-state index contributed by atoms with van der Waals surface area (Å²) in [6, 6.07) is 2.07. The van der Waals surface area contributed by atoms with Gasteiger partial charge in [-0.3, -0.25) is 4.57 Å². The van der Waals surface area contributed by atoms with Gasteiger partial charge in [-0.25, -0.2) is 4.79 Å². The van der Waals surface area contributed by atoms with Gasteiger partial charge in [-0.2, -0.15) is 0 Å². The number of rotatable bonds is 0.